The van der Waals surface area contributed by atoms with Crippen LogP contribution in [-0.2, 0) is 6.42 Å². The first-order chi connectivity index (χ1) is 14.3. The van der Waals surface area contributed by atoms with Crippen LogP contribution in [-0.4, -0.2) is 10.7 Å². The number of hydrogen-bond acceptors (Lipinski definition) is 3. The van der Waals surface area contributed by atoms with Gasteiger partial charge in [0, 0.05) is 11.9 Å². The summed E-state index contributed by atoms with van der Waals surface area (Å²) >= 11 is 5.61. The van der Waals surface area contributed by atoms with Gasteiger partial charge in [0.15, 0.2) is 0 Å². The second-order valence-electron chi connectivity index (χ2n) is 6.75. The van der Waals surface area contributed by atoms with Crippen molar-refractivity contribution in [3.05, 3.63) is 90.1 Å². The Labute approximate surface area is 244 Å². The number of aromatic nitrogens is 1. The van der Waals surface area contributed by atoms with Crippen LogP contribution in [0.15, 0.2) is 47.1 Å². The molecule has 0 saturated heterocycles. The molecule has 3 nitrogen and oxygen atoms in total. The standard InChI is InChI=1S/C10H17N.C9H9N.C7H8ClN.CH3.K/c1-5-7-8-10(6-2)9(3)11-4;1-7-3-4-8(2)9(5-7)6-10;1-2-7-4-3-6(8)5-9-7;;/h4-7H2,1-3H3;3-5H,1-2H3;3-5H,2H2,1H3;1H3;/q-2;;;-1;+1. The Kier molecular flexibility index (Phi) is 24.4. The third kappa shape index (κ3) is 15.8. The van der Waals surface area contributed by atoms with Crippen LogP contribution in [0, 0.1) is 45.7 Å². The fraction of sp³-hybridized carbons (Fsp3) is 0.370. The van der Waals surface area contributed by atoms with Crippen LogP contribution in [0.2, 0.25) is 5.02 Å². The molecule has 1 heterocycles. The van der Waals surface area contributed by atoms with Crippen LogP contribution < -0.4 is 51.4 Å². The van der Waals surface area contributed by atoms with E-state index in [0.717, 1.165) is 53.8 Å². The van der Waals surface area contributed by atoms with Crippen LogP contribution >= 0.6 is 11.6 Å². The maximum absolute atomic E-state index is 8.59. The zero-order chi connectivity index (χ0) is 22.9. The summed E-state index contributed by atoms with van der Waals surface area (Å²) in [4.78, 5) is 7.94. The zero-order valence-electron chi connectivity index (χ0n) is 21.2. The van der Waals surface area contributed by atoms with Crippen LogP contribution in [0.4, 0.5) is 0 Å². The first-order valence-electron chi connectivity index (χ1n) is 10.3. The largest absolute Gasteiger partial charge is 1.00 e. The molecule has 1 aromatic heterocycles. The number of aryl methyl sites for hydroxylation is 3. The van der Waals surface area contributed by atoms with Gasteiger partial charge in [-0.3, -0.25) is 11.1 Å². The molecular formula is C27H37ClKN3-2. The van der Waals surface area contributed by atoms with E-state index in [4.69, 9.17) is 16.9 Å². The number of pyridine rings is 1. The van der Waals surface area contributed by atoms with Crippen molar-refractivity contribution in [2.24, 2.45) is 4.99 Å². The molecule has 0 aliphatic heterocycles. The predicted octanol–water partition coefficient (Wildman–Crippen LogP) is 5.11. The smallest absolute Gasteiger partial charge is 0.455 e. The monoisotopic (exact) mass is 477 g/mol. The molecule has 2 aromatic rings. The van der Waals surface area contributed by atoms with Gasteiger partial charge in [-0.05, 0) is 49.6 Å². The molecule has 5 heteroatoms. The molecule has 0 radical (unpaired) electrons. The first-order valence-corrected chi connectivity index (χ1v) is 10.7. The summed E-state index contributed by atoms with van der Waals surface area (Å²) in [7, 11) is 3.49. The van der Waals surface area contributed by atoms with Gasteiger partial charge >= 0.3 is 51.4 Å². The van der Waals surface area contributed by atoms with Crippen LogP contribution in [0.1, 0.15) is 69.3 Å². The van der Waals surface area contributed by atoms with E-state index < -0.39 is 0 Å². The molecule has 32 heavy (non-hydrogen) atoms. The Hall–Kier alpha value is -0.934. The molecule has 2 rings (SSSR count). The van der Waals surface area contributed by atoms with Gasteiger partial charge in [0.1, 0.15) is 0 Å². The minimum absolute atomic E-state index is 0. The first kappa shape index (κ1) is 35.7. The summed E-state index contributed by atoms with van der Waals surface area (Å²) in [6.45, 7) is 12.2. The van der Waals surface area contributed by atoms with Gasteiger partial charge in [-0.1, -0.05) is 64.3 Å². The minimum Gasteiger partial charge on any atom is -0.455 e. The molecule has 1 aromatic carbocycles. The molecule has 0 unspecified atom stereocenters. The number of unbranched alkanes of at least 4 members (excludes halogenated alkanes) is 1. The summed E-state index contributed by atoms with van der Waals surface area (Å²) in [6.07, 6.45) is 9.13. The van der Waals surface area contributed by atoms with E-state index in [1.54, 1.807) is 6.20 Å². The van der Waals surface area contributed by atoms with Crippen molar-refractivity contribution in [3.8, 4) is 6.07 Å². The van der Waals surface area contributed by atoms with E-state index in [-0.39, 0.29) is 58.8 Å². The summed E-state index contributed by atoms with van der Waals surface area (Å²) in [6, 6.07) is 11.8. The molecule has 170 valence electrons. The van der Waals surface area contributed by atoms with Crippen molar-refractivity contribution in [1.82, 2.24) is 4.98 Å². The fourth-order valence-electron chi connectivity index (χ4n) is 2.35. The van der Waals surface area contributed by atoms with Crippen molar-refractivity contribution in [2.75, 3.05) is 0 Å². The second kappa shape index (κ2) is 21.9. The molecule has 0 atom stereocenters. The van der Waals surface area contributed by atoms with E-state index in [1.165, 1.54) is 5.57 Å². The van der Waals surface area contributed by atoms with Crippen LogP contribution in [0.3, 0.4) is 0 Å². The minimum atomic E-state index is 0. The van der Waals surface area contributed by atoms with Gasteiger partial charge in [-0.2, -0.15) is 12.3 Å². The number of rotatable bonds is 5. The van der Waals surface area contributed by atoms with Gasteiger partial charge < -0.3 is 12.4 Å². The summed E-state index contributed by atoms with van der Waals surface area (Å²) in [5, 5.41) is 9.29. The Morgan fingerprint density at radius 2 is 1.84 bits per heavy atom. The molecule has 0 N–H and O–H groups in total. The number of benzene rings is 1. The van der Waals surface area contributed by atoms with E-state index in [9.17, 15) is 0 Å². The molecule has 0 spiro atoms. The van der Waals surface area contributed by atoms with E-state index in [0.29, 0.717) is 5.02 Å². The number of aliphatic imine (C=N–C) groups is 1. The molecule has 0 aliphatic rings. The normalized spacial score (nSPS) is 10.2. The molecule has 0 amide bonds. The molecular weight excluding hydrogens is 441 g/mol. The van der Waals surface area contributed by atoms with E-state index >= 15 is 0 Å². The third-order valence-corrected chi connectivity index (χ3v) is 4.50. The number of nitrogens with zero attached hydrogens (tertiary/aromatic N) is 3. The fourth-order valence-corrected chi connectivity index (χ4v) is 2.46. The SMILES string of the molecule is CCc1ccc(Cl)cn1.Cc1ccc(C)c(C#N)c1.[CH2-]N=C(C)C(=[C-]CCC)CC.[CH3-].[K+]. The molecule has 0 bridgehead atoms. The van der Waals surface area contributed by atoms with Crippen LogP contribution in [0.25, 0.3) is 0 Å². The number of halogens is 1. The zero-order valence-corrected chi connectivity index (χ0v) is 25.1. The Balaban J connectivity index is -0.000000383. The van der Waals surface area contributed by atoms with Crippen molar-refractivity contribution in [3.63, 3.8) is 0 Å². The average molecular weight is 478 g/mol. The van der Waals surface area contributed by atoms with E-state index in [1.807, 2.05) is 51.1 Å². The topological polar surface area (TPSA) is 49.0 Å². The van der Waals surface area contributed by atoms with Gasteiger partial charge in [-0.15, -0.1) is 12.1 Å². The maximum Gasteiger partial charge on any atom is 1.00 e. The number of hydrogen-bond donors (Lipinski definition) is 0. The molecule has 0 saturated carbocycles. The summed E-state index contributed by atoms with van der Waals surface area (Å²) in [5.74, 6) is 0. The van der Waals surface area contributed by atoms with Gasteiger partial charge in [0.25, 0.3) is 0 Å². The van der Waals surface area contributed by atoms with Crippen LogP contribution in [0.5, 0.6) is 0 Å². The number of allylic oxidation sites excluding steroid dienone is 2. The predicted molar refractivity (Wildman–Crippen MR) is 136 cm³/mol. The average Bonchev–Trinajstić information content (AvgIpc) is 2.77. The van der Waals surface area contributed by atoms with Crippen molar-refractivity contribution < 1.29 is 51.4 Å². The summed E-state index contributed by atoms with van der Waals surface area (Å²) in [5.41, 5.74) is 6.28. The third-order valence-electron chi connectivity index (χ3n) is 4.28. The van der Waals surface area contributed by atoms with Crippen molar-refractivity contribution in [2.45, 2.75) is 67.2 Å². The van der Waals surface area contributed by atoms with Gasteiger partial charge in [0.2, 0.25) is 0 Å². The van der Waals surface area contributed by atoms with Crippen molar-refractivity contribution in [1.29, 1.82) is 5.26 Å². The Morgan fingerprint density at radius 3 is 2.25 bits per heavy atom. The van der Waals surface area contributed by atoms with E-state index in [2.05, 4.69) is 49.9 Å². The quantitative estimate of drug-likeness (QED) is 0.341. The Morgan fingerprint density at radius 1 is 1.19 bits per heavy atom. The van der Waals surface area contributed by atoms with Crippen molar-refractivity contribution >= 4 is 17.3 Å². The summed E-state index contributed by atoms with van der Waals surface area (Å²) < 4.78 is 0. The second-order valence-corrected chi connectivity index (χ2v) is 7.19. The Bertz CT molecular complexity index is 850. The van der Waals surface area contributed by atoms with Gasteiger partial charge in [0.05, 0.1) is 16.7 Å². The molecule has 0 fully saturated rings. The maximum atomic E-state index is 8.59. The van der Waals surface area contributed by atoms with Gasteiger partial charge in [-0.25, -0.2) is 5.57 Å². The molecule has 0 aliphatic carbocycles. The number of nitriles is 1.